The monoisotopic (exact) mass is 173 g/mol. The maximum absolute atomic E-state index is 11.1. The van der Waals surface area contributed by atoms with Crippen molar-refractivity contribution in [2.75, 3.05) is 0 Å². The predicted octanol–water partition coefficient (Wildman–Crippen LogP) is 1.80. The fraction of sp³-hybridized carbons (Fsp3) is 0.182. The highest BCUT2D eigenvalue weighted by atomic mass is 16.1. The average Bonchev–Trinajstić information content (AvgIpc) is 2.19. The van der Waals surface area contributed by atoms with Gasteiger partial charge in [-0.05, 0) is 11.6 Å². The third-order valence-corrected chi connectivity index (χ3v) is 2.17. The topological polar surface area (TPSA) is 29.1 Å². The number of hydrogen-bond donors (Lipinski definition) is 1. The molecule has 2 nitrogen and oxygen atoms in total. The van der Waals surface area contributed by atoms with Gasteiger partial charge in [-0.3, -0.25) is 4.79 Å². The summed E-state index contributed by atoms with van der Waals surface area (Å²) in [6.07, 6.45) is 3.86. The van der Waals surface area contributed by atoms with Crippen LogP contribution in [0.3, 0.4) is 0 Å². The molecule has 1 aromatic carbocycles. The number of nitrogens with one attached hydrogen (secondary N) is 1. The van der Waals surface area contributed by atoms with Crippen LogP contribution in [0.4, 0.5) is 0 Å². The summed E-state index contributed by atoms with van der Waals surface area (Å²) in [5.41, 5.74) is 1.17. The lowest BCUT2D eigenvalue weighted by Gasteiger charge is -2.19. The van der Waals surface area contributed by atoms with Gasteiger partial charge in [-0.15, -0.1) is 0 Å². The zero-order valence-corrected chi connectivity index (χ0v) is 7.23. The molecule has 0 radical (unpaired) electrons. The van der Waals surface area contributed by atoms with E-state index >= 15 is 0 Å². The first-order chi connectivity index (χ1) is 6.36. The van der Waals surface area contributed by atoms with E-state index in [1.54, 1.807) is 12.3 Å². The number of carbonyl (C=O) groups is 1. The normalized spacial score (nSPS) is 21.2. The molecule has 2 heteroatoms. The van der Waals surface area contributed by atoms with E-state index < -0.39 is 0 Å². The van der Waals surface area contributed by atoms with Crippen molar-refractivity contribution in [3.8, 4) is 0 Å². The molecule has 0 amide bonds. The summed E-state index contributed by atoms with van der Waals surface area (Å²) < 4.78 is 0. The molecule has 1 aliphatic rings. The van der Waals surface area contributed by atoms with Gasteiger partial charge in [0.2, 0.25) is 0 Å². The molecular weight excluding hydrogens is 162 g/mol. The Morgan fingerprint density at radius 2 is 2.00 bits per heavy atom. The zero-order chi connectivity index (χ0) is 9.10. The van der Waals surface area contributed by atoms with Gasteiger partial charge in [0.1, 0.15) is 0 Å². The van der Waals surface area contributed by atoms with E-state index in [-0.39, 0.29) is 11.8 Å². The Kier molecular flexibility index (Phi) is 2.13. The van der Waals surface area contributed by atoms with Gasteiger partial charge in [0, 0.05) is 12.6 Å². The predicted molar refractivity (Wildman–Crippen MR) is 51.1 cm³/mol. The molecule has 0 bridgehead atoms. The van der Waals surface area contributed by atoms with E-state index in [0.29, 0.717) is 6.42 Å². The van der Waals surface area contributed by atoms with Crippen LogP contribution < -0.4 is 5.32 Å². The third-order valence-electron chi connectivity index (χ3n) is 2.17. The standard InChI is InChI=1S/C11H11NO/c13-10-6-7-12-11(8-10)9-4-2-1-3-5-9/h1-7,11-12H,8H2/t11-/m0/s1. The summed E-state index contributed by atoms with van der Waals surface area (Å²) >= 11 is 0. The molecule has 0 aliphatic carbocycles. The van der Waals surface area contributed by atoms with Gasteiger partial charge in [0.15, 0.2) is 5.78 Å². The van der Waals surface area contributed by atoms with E-state index in [9.17, 15) is 4.79 Å². The van der Waals surface area contributed by atoms with Crippen LogP contribution in [0.2, 0.25) is 0 Å². The van der Waals surface area contributed by atoms with E-state index in [1.807, 2.05) is 30.3 Å². The molecule has 0 spiro atoms. The Balaban J connectivity index is 2.19. The lowest BCUT2D eigenvalue weighted by atomic mass is 10.00. The Bertz CT molecular complexity index is 329. The van der Waals surface area contributed by atoms with Gasteiger partial charge in [-0.2, -0.15) is 0 Å². The SMILES string of the molecule is O=C1C=CN[C@H](c2ccccc2)C1. The Morgan fingerprint density at radius 1 is 1.23 bits per heavy atom. The van der Waals surface area contributed by atoms with Crippen molar-refractivity contribution in [2.24, 2.45) is 0 Å². The van der Waals surface area contributed by atoms with Crippen LogP contribution in [-0.2, 0) is 4.79 Å². The van der Waals surface area contributed by atoms with E-state index in [2.05, 4.69) is 5.32 Å². The molecule has 1 aliphatic heterocycles. The molecule has 13 heavy (non-hydrogen) atoms. The van der Waals surface area contributed by atoms with Crippen molar-refractivity contribution in [2.45, 2.75) is 12.5 Å². The van der Waals surface area contributed by atoms with Gasteiger partial charge in [-0.1, -0.05) is 30.3 Å². The molecule has 0 fully saturated rings. The number of carbonyl (C=O) groups excluding carboxylic acids is 1. The summed E-state index contributed by atoms with van der Waals surface area (Å²) in [7, 11) is 0. The second kappa shape index (κ2) is 3.44. The molecule has 0 unspecified atom stereocenters. The quantitative estimate of drug-likeness (QED) is 0.701. The van der Waals surface area contributed by atoms with Crippen LogP contribution in [0.15, 0.2) is 42.6 Å². The Morgan fingerprint density at radius 3 is 2.69 bits per heavy atom. The van der Waals surface area contributed by atoms with Crippen LogP contribution in [0, 0.1) is 0 Å². The molecule has 0 saturated carbocycles. The summed E-state index contributed by atoms with van der Waals surface area (Å²) in [5.74, 6) is 0.188. The molecule has 66 valence electrons. The average molecular weight is 173 g/mol. The fourth-order valence-corrected chi connectivity index (χ4v) is 1.48. The minimum atomic E-state index is 0.152. The van der Waals surface area contributed by atoms with Crippen LogP contribution >= 0.6 is 0 Å². The van der Waals surface area contributed by atoms with Gasteiger partial charge in [0.05, 0.1) is 6.04 Å². The van der Waals surface area contributed by atoms with Crippen molar-refractivity contribution in [1.82, 2.24) is 5.32 Å². The van der Waals surface area contributed by atoms with Crippen molar-refractivity contribution in [1.29, 1.82) is 0 Å². The van der Waals surface area contributed by atoms with Crippen molar-refractivity contribution in [3.63, 3.8) is 0 Å². The lowest BCUT2D eigenvalue weighted by Crippen LogP contribution is -2.22. The summed E-state index contributed by atoms with van der Waals surface area (Å²) in [6.45, 7) is 0. The molecule has 1 aromatic rings. The highest BCUT2D eigenvalue weighted by Gasteiger charge is 2.15. The van der Waals surface area contributed by atoms with E-state index in [4.69, 9.17) is 0 Å². The van der Waals surface area contributed by atoms with E-state index in [0.717, 1.165) is 0 Å². The number of benzene rings is 1. The minimum absolute atomic E-state index is 0.152. The second-order valence-electron chi connectivity index (χ2n) is 3.13. The van der Waals surface area contributed by atoms with Crippen LogP contribution in [0.5, 0.6) is 0 Å². The van der Waals surface area contributed by atoms with Gasteiger partial charge in [-0.25, -0.2) is 0 Å². The smallest absolute Gasteiger partial charge is 0.159 e. The molecular formula is C11H11NO. The second-order valence-corrected chi connectivity index (χ2v) is 3.13. The lowest BCUT2D eigenvalue weighted by molar-refractivity contribution is -0.115. The number of hydrogen-bond acceptors (Lipinski definition) is 2. The fourth-order valence-electron chi connectivity index (χ4n) is 1.48. The molecule has 0 saturated heterocycles. The molecule has 1 atom stereocenters. The highest BCUT2D eigenvalue weighted by Crippen LogP contribution is 2.19. The maximum Gasteiger partial charge on any atom is 0.159 e. The Labute approximate surface area is 77.3 Å². The van der Waals surface area contributed by atoms with E-state index in [1.165, 1.54) is 5.56 Å². The van der Waals surface area contributed by atoms with Crippen molar-refractivity contribution >= 4 is 5.78 Å². The maximum atomic E-state index is 11.1. The third kappa shape index (κ3) is 1.78. The number of ketones is 1. The van der Waals surface area contributed by atoms with Crippen LogP contribution in [-0.4, -0.2) is 5.78 Å². The minimum Gasteiger partial charge on any atom is -0.384 e. The molecule has 0 aromatic heterocycles. The zero-order valence-electron chi connectivity index (χ0n) is 7.23. The first kappa shape index (κ1) is 8.05. The Hall–Kier alpha value is -1.57. The van der Waals surface area contributed by atoms with Crippen LogP contribution in [0.25, 0.3) is 0 Å². The molecule has 2 rings (SSSR count). The van der Waals surface area contributed by atoms with Gasteiger partial charge in [0.25, 0.3) is 0 Å². The number of allylic oxidation sites excluding steroid dienone is 1. The van der Waals surface area contributed by atoms with Crippen LogP contribution in [0.1, 0.15) is 18.0 Å². The molecule has 1 N–H and O–H groups in total. The molecule has 1 heterocycles. The van der Waals surface area contributed by atoms with Crippen molar-refractivity contribution in [3.05, 3.63) is 48.2 Å². The van der Waals surface area contributed by atoms with Gasteiger partial charge < -0.3 is 5.32 Å². The van der Waals surface area contributed by atoms with Gasteiger partial charge >= 0.3 is 0 Å². The summed E-state index contributed by atoms with van der Waals surface area (Å²) in [5, 5.41) is 3.16. The first-order valence-electron chi connectivity index (χ1n) is 4.36. The number of rotatable bonds is 1. The van der Waals surface area contributed by atoms with Crippen molar-refractivity contribution < 1.29 is 4.79 Å². The highest BCUT2D eigenvalue weighted by molar-refractivity contribution is 5.90. The summed E-state index contributed by atoms with van der Waals surface area (Å²) in [4.78, 5) is 11.1. The first-order valence-corrected chi connectivity index (χ1v) is 4.36. The summed E-state index contributed by atoms with van der Waals surface area (Å²) in [6, 6.07) is 10.2. The largest absolute Gasteiger partial charge is 0.384 e.